The van der Waals surface area contributed by atoms with Crippen LogP contribution in [-0.4, -0.2) is 37.9 Å². The zero-order valence-electron chi connectivity index (χ0n) is 11.9. The molecule has 0 aromatic heterocycles. The van der Waals surface area contributed by atoms with Gasteiger partial charge in [-0.2, -0.15) is 0 Å². The molecule has 0 radical (unpaired) electrons. The molecule has 0 bridgehead atoms. The highest BCUT2D eigenvalue weighted by atomic mass is 35.5. The molecular weight excluding hydrogens is 294 g/mol. The first-order chi connectivity index (χ1) is 10.1. The van der Waals surface area contributed by atoms with Gasteiger partial charge < -0.3 is 19.5 Å². The van der Waals surface area contributed by atoms with Gasteiger partial charge in [0.15, 0.2) is 11.5 Å². The Morgan fingerprint density at radius 2 is 2.14 bits per heavy atom. The van der Waals surface area contributed by atoms with Crippen molar-refractivity contribution >= 4 is 17.5 Å². The molecule has 0 unspecified atom stereocenters. The molecule has 2 aliphatic rings. The van der Waals surface area contributed by atoms with Crippen LogP contribution in [0.2, 0.25) is 5.02 Å². The first-order valence-electron chi connectivity index (χ1n) is 7.17. The van der Waals surface area contributed by atoms with Crippen molar-refractivity contribution in [2.24, 2.45) is 0 Å². The second-order valence-electron chi connectivity index (χ2n) is 5.30. The van der Waals surface area contributed by atoms with Crippen LogP contribution in [0.1, 0.15) is 30.1 Å². The van der Waals surface area contributed by atoms with Crippen molar-refractivity contribution < 1.29 is 19.0 Å². The number of benzene rings is 1. The fourth-order valence-electron chi connectivity index (χ4n) is 2.62. The molecule has 1 aromatic carbocycles. The number of nitrogens with one attached hydrogen (secondary N) is 1. The number of fused-ring (bicyclic) bond motifs is 1. The summed E-state index contributed by atoms with van der Waals surface area (Å²) in [6, 6.07) is 3.23. The molecule has 1 fully saturated rings. The maximum absolute atomic E-state index is 12.3. The monoisotopic (exact) mass is 311 g/mol. The Labute approximate surface area is 128 Å². The summed E-state index contributed by atoms with van der Waals surface area (Å²) < 4.78 is 16.5. The minimum atomic E-state index is -0.183. The smallest absolute Gasteiger partial charge is 0.251 e. The number of carbonyl (C=O) groups excluding carboxylic acids is 1. The van der Waals surface area contributed by atoms with E-state index in [1.165, 1.54) is 0 Å². The number of halogens is 1. The van der Waals surface area contributed by atoms with Crippen molar-refractivity contribution in [2.75, 3.05) is 19.8 Å². The molecule has 6 heteroatoms. The summed E-state index contributed by atoms with van der Waals surface area (Å²) in [6.45, 7) is 3.64. The minimum Gasteiger partial charge on any atom is -0.486 e. The van der Waals surface area contributed by atoms with E-state index < -0.39 is 0 Å². The van der Waals surface area contributed by atoms with Crippen LogP contribution in [0.15, 0.2) is 12.1 Å². The van der Waals surface area contributed by atoms with Gasteiger partial charge in [0, 0.05) is 12.2 Å². The van der Waals surface area contributed by atoms with Crippen molar-refractivity contribution in [1.29, 1.82) is 0 Å². The molecule has 1 aromatic rings. The van der Waals surface area contributed by atoms with Crippen LogP contribution in [0.5, 0.6) is 11.5 Å². The summed E-state index contributed by atoms with van der Waals surface area (Å²) >= 11 is 6.15. The van der Waals surface area contributed by atoms with Crippen LogP contribution in [-0.2, 0) is 4.74 Å². The summed E-state index contributed by atoms with van der Waals surface area (Å²) in [6.07, 6.45) is 2.10. The number of hydrogen-bond donors (Lipinski definition) is 1. The van der Waals surface area contributed by atoms with Crippen molar-refractivity contribution in [1.82, 2.24) is 5.32 Å². The van der Waals surface area contributed by atoms with Gasteiger partial charge >= 0.3 is 0 Å². The van der Waals surface area contributed by atoms with Gasteiger partial charge in [0.2, 0.25) is 0 Å². The molecular formula is C15H18ClNO4. The van der Waals surface area contributed by atoms with Gasteiger partial charge in [0.05, 0.1) is 17.2 Å². The quantitative estimate of drug-likeness (QED) is 0.931. The highest BCUT2D eigenvalue weighted by Gasteiger charge is 2.25. The second kappa shape index (κ2) is 6.12. The largest absolute Gasteiger partial charge is 0.486 e. The van der Waals surface area contributed by atoms with Crippen molar-refractivity contribution in [2.45, 2.75) is 31.9 Å². The van der Waals surface area contributed by atoms with Crippen LogP contribution >= 0.6 is 11.6 Å². The lowest BCUT2D eigenvalue weighted by atomic mass is 10.1. The Morgan fingerprint density at radius 1 is 1.33 bits per heavy atom. The summed E-state index contributed by atoms with van der Waals surface area (Å²) in [4.78, 5) is 12.3. The molecule has 114 valence electrons. The molecule has 1 N–H and O–H groups in total. The normalized spacial score (nSPS) is 21.9. The molecule has 0 saturated carbocycles. The third-order valence-corrected chi connectivity index (χ3v) is 4.02. The average molecular weight is 312 g/mol. The van der Waals surface area contributed by atoms with E-state index in [9.17, 15) is 4.79 Å². The maximum Gasteiger partial charge on any atom is 0.251 e. The van der Waals surface area contributed by atoms with Crippen molar-refractivity contribution in [3.05, 3.63) is 22.7 Å². The Balaban J connectivity index is 1.73. The van der Waals surface area contributed by atoms with Crippen molar-refractivity contribution in [3.63, 3.8) is 0 Å². The van der Waals surface area contributed by atoms with Gasteiger partial charge in [0.25, 0.3) is 5.91 Å². The summed E-state index contributed by atoms with van der Waals surface area (Å²) in [5.41, 5.74) is 0.467. The van der Waals surface area contributed by atoms with E-state index in [4.69, 9.17) is 25.8 Å². The highest BCUT2D eigenvalue weighted by molar-refractivity contribution is 6.32. The molecule has 3 rings (SSSR count). The number of carbonyl (C=O) groups is 1. The highest BCUT2D eigenvalue weighted by Crippen LogP contribution is 2.38. The van der Waals surface area contributed by atoms with Crippen LogP contribution in [0, 0.1) is 0 Å². The molecule has 2 atom stereocenters. The van der Waals surface area contributed by atoms with E-state index in [1.807, 2.05) is 6.92 Å². The van der Waals surface area contributed by atoms with E-state index in [2.05, 4.69) is 5.32 Å². The van der Waals surface area contributed by atoms with Gasteiger partial charge in [-0.3, -0.25) is 4.79 Å². The molecule has 21 heavy (non-hydrogen) atoms. The molecule has 1 amide bonds. The molecule has 5 nitrogen and oxygen atoms in total. The van der Waals surface area contributed by atoms with Gasteiger partial charge in [-0.05, 0) is 31.9 Å². The molecule has 1 saturated heterocycles. The third kappa shape index (κ3) is 3.09. The topological polar surface area (TPSA) is 56.8 Å². The first-order valence-corrected chi connectivity index (χ1v) is 7.54. The SMILES string of the molecule is C[C@@H](NC(=O)c1cc(Cl)c2c(c1)OCCO2)[C@@H]1CCCO1. The molecule has 0 spiro atoms. The van der Waals surface area contributed by atoms with Crippen LogP contribution in [0.4, 0.5) is 0 Å². The van der Waals surface area contributed by atoms with Gasteiger partial charge in [-0.1, -0.05) is 11.6 Å². The average Bonchev–Trinajstić information content (AvgIpc) is 3.01. The Morgan fingerprint density at radius 3 is 2.90 bits per heavy atom. The zero-order chi connectivity index (χ0) is 14.8. The first kappa shape index (κ1) is 14.5. The van der Waals surface area contributed by atoms with E-state index in [-0.39, 0.29) is 18.1 Å². The van der Waals surface area contributed by atoms with E-state index >= 15 is 0 Å². The second-order valence-corrected chi connectivity index (χ2v) is 5.70. The third-order valence-electron chi connectivity index (χ3n) is 3.74. The van der Waals surface area contributed by atoms with Crippen LogP contribution < -0.4 is 14.8 Å². The summed E-state index contributed by atoms with van der Waals surface area (Å²) in [7, 11) is 0. The minimum absolute atomic E-state index is 0.0352. The van der Waals surface area contributed by atoms with Gasteiger partial charge in [-0.15, -0.1) is 0 Å². The van der Waals surface area contributed by atoms with Crippen LogP contribution in [0.3, 0.4) is 0 Å². The Kier molecular flexibility index (Phi) is 4.22. The number of amides is 1. The standard InChI is InChI=1S/C15H18ClNO4/c1-9(12-3-2-4-19-12)17-15(18)10-7-11(16)14-13(8-10)20-5-6-21-14/h7-9,12H,2-6H2,1H3,(H,17,18)/t9-,12+/m1/s1. The Hall–Kier alpha value is -1.46. The zero-order valence-corrected chi connectivity index (χ0v) is 12.6. The molecule has 2 heterocycles. The lowest BCUT2D eigenvalue weighted by Crippen LogP contribution is -2.40. The Bertz CT molecular complexity index is 543. The van der Waals surface area contributed by atoms with Crippen molar-refractivity contribution in [3.8, 4) is 11.5 Å². The van der Waals surface area contributed by atoms with Gasteiger partial charge in [-0.25, -0.2) is 0 Å². The summed E-state index contributed by atoms with van der Waals surface area (Å²) in [5.74, 6) is 0.840. The van der Waals surface area contributed by atoms with Gasteiger partial charge in [0.1, 0.15) is 13.2 Å². The predicted octanol–water partition coefficient (Wildman–Crippen LogP) is 2.41. The van der Waals surface area contributed by atoms with Crippen LogP contribution in [0.25, 0.3) is 0 Å². The lowest BCUT2D eigenvalue weighted by molar-refractivity contribution is 0.0712. The predicted molar refractivity (Wildman–Crippen MR) is 78.3 cm³/mol. The number of ether oxygens (including phenoxy) is 3. The number of rotatable bonds is 3. The maximum atomic E-state index is 12.3. The van der Waals surface area contributed by atoms with E-state index in [0.29, 0.717) is 35.3 Å². The summed E-state index contributed by atoms with van der Waals surface area (Å²) in [5, 5.41) is 3.34. The fraction of sp³-hybridized carbons (Fsp3) is 0.533. The fourth-order valence-corrected chi connectivity index (χ4v) is 2.89. The number of hydrogen-bond acceptors (Lipinski definition) is 4. The van der Waals surface area contributed by atoms with E-state index in [0.717, 1.165) is 19.4 Å². The molecule has 2 aliphatic heterocycles. The van der Waals surface area contributed by atoms with E-state index in [1.54, 1.807) is 12.1 Å². The lowest BCUT2D eigenvalue weighted by Gasteiger charge is -2.22. The molecule has 0 aliphatic carbocycles.